The van der Waals surface area contributed by atoms with Crippen molar-refractivity contribution in [3.63, 3.8) is 0 Å². The third-order valence-corrected chi connectivity index (χ3v) is 6.48. The molecule has 0 radical (unpaired) electrons. The number of benzene rings is 1. The zero-order chi connectivity index (χ0) is 18.8. The highest BCUT2D eigenvalue weighted by molar-refractivity contribution is 7.10. The Morgan fingerprint density at radius 2 is 1.67 bits per heavy atom. The summed E-state index contributed by atoms with van der Waals surface area (Å²) in [6.07, 6.45) is 2.89. The molecule has 0 unspecified atom stereocenters. The Labute approximate surface area is 162 Å². The Kier molecular flexibility index (Phi) is 5.07. The molecule has 0 saturated carbocycles. The molecule has 0 N–H and O–H groups in total. The van der Waals surface area contributed by atoms with Crippen LogP contribution in [0.3, 0.4) is 0 Å². The Balaban J connectivity index is 1.25. The zero-order valence-corrected chi connectivity index (χ0v) is 15.9. The quantitative estimate of drug-likeness (QED) is 0.744. The lowest BCUT2D eigenvalue weighted by atomic mass is 9.95. The summed E-state index contributed by atoms with van der Waals surface area (Å²) in [6.45, 7) is 1.87. The van der Waals surface area contributed by atoms with Crippen molar-refractivity contribution in [3.8, 4) is 0 Å². The van der Waals surface area contributed by atoms with Crippen LogP contribution in [-0.4, -0.2) is 47.2 Å². The summed E-state index contributed by atoms with van der Waals surface area (Å²) in [6, 6.07) is 11.1. The van der Waals surface area contributed by atoms with Crippen LogP contribution >= 0.6 is 11.3 Å². The summed E-state index contributed by atoms with van der Waals surface area (Å²) in [7, 11) is 0. The first-order valence-corrected chi connectivity index (χ1v) is 10.3. The van der Waals surface area contributed by atoms with Crippen molar-refractivity contribution in [2.45, 2.75) is 31.6 Å². The molecule has 140 valence electrons. The van der Waals surface area contributed by atoms with Crippen LogP contribution in [0.15, 0.2) is 41.8 Å². The summed E-state index contributed by atoms with van der Waals surface area (Å²) >= 11 is 1.79. The van der Waals surface area contributed by atoms with Crippen molar-refractivity contribution in [2.75, 3.05) is 19.6 Å². The van der Waals surface area contributed by atoms with Gasteiger partial charge in [-0.2, -0.15) is 0 Å². The number of carbonyl (C=O) groups is 3. The second-order valence-electron chi connectivity index (χ2n) is 7.08. The van der Waals surface area contributed by atoms with Crippen LogP contribution in [0.4, 0.5) is 0 Å². The van der Waals surface area contributed by atoms with Gasteiger partial charge in [0.15, 0.2) is 0 Å². The van der Waals surface area contributed by atoms with Gasteiger partial charge in [-0.3, -0.25) is 19.3 Å². The van der Waals surface area contributed by atoms with Gasteiger partial charge in [0.1, 0.15) is 0 Å². The number of piperidine rings is 1. The molecule has 1 fully saturated rings. The molecule has 0 atom stereocenters. The van der Waals surface area contributed by atoms with E-state index in [1.165, 1.54) is 9.78 Å². The number of hydrogen-bond donors (Lipinski definition) is 0. The molecule has 2 aliphatic rings. The first-order chi connectivity index (χ1) is 13.1. The topological polar surface area (TPSA) is 57.7 Å². The molecule has 2 aromatic rings. The van der Waals surface area contributed by atoms with E-state index < -0.39 is 0 Å². The maximum Gasteiger partial charge on any atom is 0.261 e. The van der Waals surface area contributed by atoms with Crippen molar-refractivity contribution < 1.29 is 14.4 Å². The maximum atomic E-state index is 12.5. The molecule has 6 heteroatoms. The Bertz CT molecular complexity index is 819. The number of imide groups is 1. The zero-order valence-electron chi connectivity index (χ0n) is 15.1. The largest absolute Gasteiger partial charge is 0.343 e. The number of hydrogen-bond acceptors (Lipinski definition) is 4. The highest BCUT2D eigenvalue weighted by Crippen LogP contribution is 2.31. The second kappa shape index (κ2) is 7.64. The Hall–Kier alpha value is -2.47. The molecule has 0 spiro atoms. The number of thiophene rings is 1. The molecule has 3 heterocycles. The van der Waals surface area contributed by atoms with E-state index in [1.54, 1.807) is 35.6 Å². The van der Waals surface area contributed by atoms with Crippen LogP contribution in [0.25, 0.3) is 0 Å². The predicted molar refractivity (Wildman–Crippen MR) is 104 cm³/mol. The number of likely N-dealkylation sites (tertiary alicyclic amines) is 1. The van der Waals surface area contributed by atoms with E-state index in [0.717, 1.165) is 25.9 Å². The minimum atomic E-state index is -0.250. The SMILES string of the molecule is O=C(CCCN1C(=O)c2ccccc2C1=O)N1CCC(c2cccs2)CC1. The fourth-order valence-corrected chi connectivity index (χ4v) is 4.83. The summed E-state index contributed by atoms with van der Waals surface area (Å²) in [5.41, 5.74) is 0.925. The molecule has 27 heavy (non-hydrogen) atoms. The van der Waals surface area contributed by atoms with E-state index in [9.17, 15) is 14.4 Å². The molecule has 3 amide bonds. The van der Waals surface area contributed by atoms with E-state index in [4.69, 9.17) is 0 Å². The molecule has 1 aromatic heterocycles. The van der Waals surface area contributed by atoms with Crippen molar-refractivity contribution in [1.82, 2.24) is 9.80 Å². The number of carbonyl (C=O) groups excluding carboxylic acids is 3. The van der Waals surface area contributed by atoms with Gasteiger partial charge in [0, 0.05) is 30.9 Å². The van der Waals surface area contributed by atoms with E-state index in [-0.39, 0.29) is 17.7 Å². The standard InChI is InChI=1S/C21H22N2O3S/c24-19(22-12-9-15(10-13-22)18-7-4-14-27-18)8-3-11-23-20(25)16-5-1-2-6-17(16)21(23)26/h1-2,4-7,14-15H,3,8-13H2. The molecule has 5 nitrogen and oxygen atoms in total. The Morgan fingerprint density at radius 1 is 1.00 bits per heavy atom. The predicted octanol–water partition coefficient (Wildman–Crippen LogP) is 3.53. The van der Waals surface area contributed by atoms with Crippen LogP contribution in [0.1, 0.15) is 57.2 Å². The van der Waals surface area contributed by atoms with Gasteiger partial charge in [-0.25, -0.2) is 0 Å². The van der Waals surface area contributed by atoms with Gasteiger partial charge in [0.05, 0.1) is 11.1 Å². The lowest BCUT2D eigenvalue weighted by molar-refractivity contribution is -0.132. The average molecular weight is 382 g/mol. The van der Waals surface area contributed by atoms with Gasteiger partial charge in [-0.15, -0.1) is 11.3 Å². The lowest BCUT2D eigenvalue weighted by Gasteiger charge is -2.31. The number of nitrogens with zero attached hydrogens (tertiary/aromatic N) is 2. The average Bonchev–Trinajstić information content (AvgIpc) is 3.32. The van der Waals surface area contributed by atoms with Gasteiger partial charge >= 0.3 is 0 Å². The van der Waals surface area contributed by atoms with Crippen LogP contribution in [0.5, 0.6) is 0 Å². The van der Waals surface area contributed by atoms with Gasteiger partial charge in [0.2, 0.25) is 5.91 Å². The summed E-state index contributed by atoms with van der Waals surface area (Å²) < 4.78 is 0. The highest BCUT2D eigenvalue weighted by Gasteiger charge is 2.34. The second-order valence-corrected chi connectivity index (χ2v) is 8.06. The maximum absolute atomic E-state index is 12.5. The number of amides is 3. The van der Waals surface area contributed by atoms with E-state index in [1.807, 2.05) is 4.90 Å². The van der Waals surface area contributed by atoms with Gasteiger partial charge in [-0.1, -0.05) is 18.2 Å². The van der Waals surface area contributed by atoms with E-state index >= 15 is 0 Å². The molecular formula is C21H22N2O3S. The van der Waals surface area contributed by atoms with Crippen molar-refractivity contribution in [3.05, 3.63) is 57.8 Å². The summed E-state index contributed by atoms with van der Waals surface area (Å²) in [5.74, 6) is 0.184. The fraction of sp³-hybridized carbons (Fsp3) is 0.381. The third-order valence-electron chi connectivity index (χ3n) is 5.44. The number of rotatable bonds is 5. The fourth-order valence-electron chi connectivity index (χ4n) is 3.93. The minimum absolute atomic E-state index is 0.122. The molecule has 0 aliphatic carbocycles. The highest BCUT2D eigenvalue weighted by atomic mass is 32.1. The van der Waals surface area contributed by atoms with E-state index in [2.05, 4.69) is 17.5 Å². The third kappa shape index (κ3) is 3.54. The lowest BCUT2D eigenvalue weighted by Crippen LogP contribution is -2.38. The number of fused-ring (bicyclic) bond motifs is 1. The molecule has 1 saturated heterocycles. The smallest absolute Gasteiger partial charge is 0.261 e. The molecule has 0 bridgehead atoms. The summed E-state index contributed by atoms with van der Waals surface area (Å²) in [4.78, 5) is 41.8. The van der Waals surface area contributed by atoms with Crippen molar-refractivity contribution >= 4 is 29.1 Å². The van der Waals surface area contributed by atoms with Gasteiger partial charge in [0.25, 0.3) is 11.8 Å². The monoisotopic (exact) mass is 382 g/mol. The first-order valence-electron chi connectivity index (χ1n) is 9.41. The molecule has 4 rings (SSSR count). The normalized spacial score (nSPS) is 17.5. The van der Waals surface area contributed by atoms with Crippen LogP contribution in [-0.2, 0) is 4.79 Å². The van der Waals surface area contributed by atoms with Crippen LogP contribution in [0, 0.1) is 0 Å². The van der Waals surface area contributed by atoms with Crippen molar-refractivity contribution in [2.24, 2.45) is 0 Å². The van der Waals surface area contributed by atoms with Crippen LogP contribution in [0.2, 0.25) is 0 Å². The summed E-state index contributed by atoms with van der Waals surface area (Å²) in [5, 5.41) is 2.10. The molecule has 1 aromatic carbocycles. The van der Waals surface area contributed by atoms with Gasteiger partial charge < -0.3 is 4.90 Å². The van der Waals surface area contributed by atoms with E-state index in [0.29, 0.717) is 36.4 Å². The first kappa shape index (κ1) is 17.9. The van der Waals surface area contributed by atoms with Crippen molar-refractivity contribution in [1.29, 1.82) is 0 Å². The van der Waals surface area contributed by atoms with Gasteiger partial charge in [-0.05, 0) is 48.8 Å². The van der Waals surface area contributed by atoms with Crippen LogP contribution < -0.4 is 0 Å². The minimum Gasteiger partial charge on any atom is -0.343 e. The molecular weight excluding hydrogens is 360 g/mol. The Morgan fingerprint density at radius 3 is 2.26 bits per heavy atom. The molecule has 2 aliphatic heterocycles.